The minimum atomic E-state index is -2.32. The van der Waals surface area contributed by atoms with Gasteiger partial charge in [0.2, 0.25) is 0 Å². The summed E-state index contributed by atoms with van der Waals surface area (Å²) in [7, 11) is -1.50. The number of nitrogens with zero attached hydrogens (tertiary/aromatic N) is 2. The molecule has 0 spiro atoms. The van der Waals surface area contributed by atoms with Crippen LogP contribution >= 0.6 is 11.3 Å². The molecule has 0 bridgehead atoms. The van der Waals surface area contributed by atoms with Crippen molar-refractivity contribution in [2.45, 2.75) is 66.0 Å². The fourth-order valence-corrected chi connectivity index (χ4v) is 8.74. The van der Waals surface area contributed by atoms with E-state index in [9.17, 15) is 0 Å². The van der Waals surface area contributed by atoms with Crippen molar-refractivity contribution in [3.63, 3.8) is 0 Å². The zero-order chi connectivity index (χ0) is 38.3. The Hall–Kier alpha value is -3.73. The van der Waals surface area contributed by atoms with Crippen LogP contribution in [0, 0.1) is 19.0 Å². The third-order valence-electron chi connectivity index (χ3n) is 8.47. The van der Waals surface area contributed by atoms with Gasteiger partial charge in [-0.2, -0.15) is 11.3 Å². The molecule has 49 heavy (non-hydrogen) atoms. The molecule has 0 aliphatic carbocycles. The van der Waals surface area contributed by atoms with Crippen molar-refractivity contribution < 1.29 is 27.0 Å². The van der Waals surface area contributed by atoms with Crippen LogP contribution in [0.25, 0.3) is 53.8 Å². The van der Waals surface area contributed by atoms with Gasteiger partial charge >= 0.3 is 0 Å². The van der Waals surface area contributed by atoms with E-state index < -0.39 is 26.7 Å². The summed E-state index contributed by atoms with van der Waals surface area (Å²) in [6.45, 7) is 11.9. The fourth-order valence-electron chi connectivity index (χ4n) is 5.91. The van der Waals surface area contributed by atoms with E-state index in [1.165, 1.54) is 32.6 Å². The molecule has 0 amide bonds. The fraction of sp³-hybridized carbons (Fsp3) is 0.227. The van der Waals surface area contributed by atoms with Crippen LogP contribution in [0.4, 0.5) is 0 Å². The van der Waals surface area contributed by atoms with E-state index in [-0.39, 0.29) is 25.7 Å². The summed E-state index contributed by atoms with van der Waals surface area (Å²) < 4.78 is 42.8. The molecule has 0 unspecified atom stereocenters. The third-order valence-corrected chi connectivity index (χ3v) is 11.7. The van der Waals surface area contributed by atoms with Gasteiger partial charge in [-0.15, -0.1) is 59.7 Å². The minimum Gasteiger partial charge on any atom is -0.305 e. The van der Waals surface area contributed by atoms with Crippen LogP contribution in [0.1, 0.15) is 63.0 Å². The summed E-state index contributed by atoms with van der Waals surface area (Å²) in [6, 6.07) is 39.0. The second-order valence-corrected chi connectivity index (χ2v) is 19.6. The summed E-state index contributed by atoms with van der Waals surface area (Å²) in [4.78, 5) is 9.12. The Labute approximate surface area is 318 Å². The standard InChI is InChI=1S/C27H22NS.C17H22NSi.Ir/c1-17(2)24-15-25(28-16-18(24)3)23-11-7-10-22-21-13-12-20(14-26(21)29-27(22)23)19-8-5-4-6-9-19;1-13(2)15-11-16(14-9-7-6-8-10-14)18-12-17(15)19(3,4)5;/h4-10,12-17H,1-3H3;6-9,11-13H,1-5H3;/q2*-1;/i3D3,17D;13D;. The Bertz CT molecular complexity index is 2390. The Morgan fingerprint density at radius 2 is 1.43 bits per heavy atom. The number of pyridine rings is 2. The van der Waals surface area contributed by atoms with Crippen LogP contribution in [-0.2, 0) is 20.1 Å². The van der Waals surface area contributed by atoms with Crippen molar-refractivity contribution in [1.29, 1.82) is 0 Å². The van der Waals surface area contributed by atoms with Crippen molar-refractivity contribution in [3.8, 4) is 33.6 Å². The van der Waals surface area contributed by atoms with Crippen LogP contribution in [0.3, 0.4) is 0 Å². The smallest absolute Gasteiger partial charge is 0.0799 e. The van der Waals surface area contributed by atoms with Gasteiger partial charge in [-0.25, -0.2) is 0 Å². The first-order valence-corrected chi connectivity index (χ1v) is 20.6. The van der Waals surface area contributed by atoms with Crippen LogP contribution < -0.4 is 5.19 Å². The maximum absolute atomic E-state index is 8.52. The molecule has 1 radical (unpaired) electrons. The molecule has 0 saturated carbocycles. The number of rotatable bonds is 6. The molecule has 251 valence electrons. The van der Waals surface area contributed by atoms with E-state index in [0.29, 0.717) is 11.3 Å². The van der Waals surface area contributed by atoms with Gasteiger partial charge in [0.05, 0.1) is 8.07 Å². The van der Waals surface area contributed by atoms with E-state index >= 15 is 0 Å². The molecule has 0 aliphatic heterocycles. The van der Waals surface area contributed by atoms with Gasteiger partial charge in [-0.3, -0.25) is 0 Å². The van der Waals surface area contributed by atoms with Crippen LogP contribution in [0.5, 0.6) is 0 Å². The number of hydrogen-bond acceptors (Lipinski definition) is 3. The maximum Gasteiger partial charge on any atom is 0.0799 e. The zero-order valence-electron chi connectivity index (χ0n) is 34.0. The Kier molecular flexibility index (Phi) is 9.49. The largest absolute Gasteiger partial charge is 0.305 e. The molecule has 3 aromatic heterocycles. The number of benzene rings is 4. The van der Waals surface area contributed by atoms with Gasteiger partial charge in [0.15, 0.2) is 0 Å². The molecule has 0 N–H and O–H groups in total. The summed E-state index contributed by atoms with van der Waals surface area (Å²) >= 11 is 1.69. The van der Waals surface area contributed by atoms with E-state index in [0.717, 1.165) is 32.5 Å². The van der Waals surface area contributed by atoms with Gasteiger partial charge in [0.25, 0.3) is 0 Å². The molecule has 0 atom stereocenters. The summed E-state index contributed by atoms with van der Waals surface area (Å²) in [5, 5.41) is 3.57. The van der Waals surface area contributed by atoms with Crippen molar-refractivity contribution >= 4 is 44.8 Å². The summed E-state index contributed by atoms with van der Waals surface area (Å²) in [6.07, 6.45) is 3.38. The number of fused-ring (bicyclic) bond motifs is 3. The molecule has 0 aliphatic rings. The van der Waals surface area contributed by atoms with Crippen LogP contribution in [0.15, 0.2) is 109 Å². The van der Waals surface area contributed by atoms with Gasteiger partial charge in [-0.1, -0.05) is 113 Å². The molecular formula is C44H44IrN2SSi-2. The van der Waals surface area contributed by atoms with Gasteiger partial charge in [-0.05, 0) is 73.6 Å². The number of thiophene rings is 1. The Morgan fingerprint density at radius 1 is 0.714 bits per heavy atom. The average Bonchev–Trinajstić information content (AvgIpc) is 3.49. The van der Waals surface area contributed by atoms with E-state index in [2.05, 4.69) is 84.2 Å². The zero-order valence-corrected chi connectivity index (χ0v) is 33.2. The first-order chi connectivity index (χ1) is 24.8. The minimum absolute atomic E-state index is 0. The van der Waals surface area contributed by atoms with Gasteiger partial charge in [0.1, 0.15) is 0 Å². The average molecular weight is 858 g/mol. The van der Waals surface area contributed by atoms with Gasteiger partial charge in [0, 0.05) is 44.1 Å². The van der Waals surface area contributed by atoms with Crippen LogP contribution in [0.2, 0.25) is 19.6 Å². The number of aromatic nitrogens is 2. The molecular weight excluding hydrogens is 809 g/mol. The first-order valence-electron chi connectivity index (χ1n) is 18.7. The van der Waals surface area contributed by atoms with Crippen LogP contribution in [-0.4, -0.2) is 18.0 Å². The molecule has 0 fully saturated rings. The topological polar surface area (TPSA) is 25.8 Å². The van der Waals surface area contributed by atoms with Crippen molar-refractivity contribution in [2.24, 2.45) is 0 Å². The SMILES string of the molecule is [2H]C(C)(C)c1cc(-c2[c-]cccc2)ncc1[Si](C)(C)C.[2H]C([2H])([2H])c1cnc(-c2[c-]ccc3c2sc2cc(-c4ccccc4)ccc23)cc1C([2H])(C)C.[Ir]. The molecule has 7 aromatic rings. The molecule has 5 heteroatoms. The van der Waals surface area contributed by atoms with E-state index in [1.54, 1.807) is 31.3 Å². The van der Waals surface area contributed by atoms with Crippen molar-refractivity contribution in [3.05, 3.63) is 138 Å². The second kappa shape index (κ2) is 15.4. The second-order valence-electron chi connectivity index (χ2n) is 13.5. The molecule has 2 nitrogen and oxygen atoms in total. The molecule has 0 saturated heterocycles. The van der Waals surface area contributed by atoms with Gasteiger partial charge < -0.3 is 9.97 Å². The Morgan fingerprint density at radius 3 is 2.10 bits per heavy atom. The molecule has 4 aromatic carbocycles. The first kappa shape index (κ1) is 30.1. The maximum atomic E-state index is 8.52. The van der Waals surface area contributed by atoms with E-state index in [1.807, 2.05) is 68.6 Å². The quantitative estimate of drug-likeness (QED) is 0.123. The molecule has 7 rings (SSSR count). The third kappa shape index (κ3) is 8.03. The van der Waals surface area contributed by atoms with Crippen molar-refractivity contribution in [2.75, 3.05) is 0 Å². The van der Waals surface area contributed by atoms with Crippen molar-refractivity contribution in [1.82, 2.24) is 9.97 Å². The molecule has 3 heterocycles. The summed E-state index contributed by atoms with van der Waals surface area (Å²) in [5.41, 5.74) is 7.39. The monoisotopic (exact) mass is 858 g/mol. The number of hydrogen-bond donors (Lipinski definition) is 0. The Balaban J connectivity index is 0.000000230. The summed E-state index contributed by atoms with van der Waals surface area (Å²) in [5.74, 6) is -1.68. The predicted molar refractivity (Wildman–Crippen MR) is 211 cm³/mol. The number of aryl methyl sites for hydroxylation is 1. The normalized spacial score (nSPS) is 13.7. The van der Waals surface area contributed by atoms with E-state index in [4.69, 9.17) is 6.85 Å². The predicted octanol–water partition coefficient (Wildman–Crippen LogP) is 12.2.